The molecule has 0 saturated heterocycles. The highest BCUT2D eigenvalue weighted by atomic mass is 16.2. The predicted molar refractivity (Wildman–Crippen MR) is 131 cm³/mol. The van der Waals surface area contributed by atoms with Crippen LogP contribution < -0.4 is 10.6 Å². The Kier molecular flexibility index (Phi) is 5.78. The Hall–Kier alpha value is -4.46. The molecule has 0 unspecified atom stereocenters. The quantitative estimate of drug-likeness (QED) is 0.410. The number of para-hydroxylation sites is 1. The number of fused-ring (bicyclic) bond motifs is 1. The van der Waals surface area contributed by atoms with Gasteiger partial charge in [0.15, 0.2) is 0 Å². The number of pyridine rings is 2. The fraction of sp³-hybridized carbons (Fsp3) is 0.154. The SMILES string of the molecule is CN1CCc2[nH]c(-c3ccnc(NC(=O)Cc4ccncc4)c3)c(Nc3ccccc3)c2C1=O. The van der Waals surface area contributed by atoms with Gasteiger partial charge in [0.2, 0.25) is 5.91 Å². The fourth-order valence-corrected chi connectivity index (χ4v) is 4.08. The van der Waals surface area contributed by atoms with E-state index in [4.69, 9.17) is 0 Å². The van der Waals surface area contributed by atoms with Crippen molar-refractivity contribution in [1.29, 1.82) is 0 Å². The number of hydrogen-bond donors (Lipinski definition) is 3. The molecule has 8 heteroatoms. The molecule has 2 amide bonds. The summed E-state index contributed by atoms with van der Waals surface area (Å²) in [5, 5.41) is 6.30. The van der Waals surface area contributed by atoms with E-state index in [2.05, 4.69) is 25.6 Å². The molecular weight excluding hydrogens is 428 g/mol. The summed E-state index contributed by atoms with van der Waals surface area (Å²) in [7, 11) is 1.81. The van der Waals surface area contributed by atoms with Crippen LogP contribution in [0.3, 0.4) is 0 Å². The van der Waals surface area contributed by atoms with E-state index in [1.54, 1.807) is 23.5 Å². The Balaban J connectivity index is 1.48. The fourth-order valence-electron chi connectivity index (χ4n) is 4.08. The van der Waals surface area contributed by atoms with E-state index in [1.165, 1.54) is 0 Å². The normalized spacial score (nSPS) is 12.9. The van der Waals surface area contributed by atoms with Gasteiger partial charge in [-0.3, -0.25) is 14.6 Å². The van der Waals surface area contributed by atoms with Crippen LogP contribution in [0.15, 0.2) is 73.2 Å². The monoisotopic (exact) mass is 452 g/mol. The maximum atomic E-state index is 13.1. The lowest BCUT2D eigenvalue weighted by Crippen LogP contribution is -2.34. The van der Waals surface area contributed by atoms with Crippen molar-refractivity contribution in [1.82, 2.24) is 19.9 Å². The first-order valence-electron chi connectivity index (χ1n) is 11.1. The molecule has 3 N–H and O–H groups in total. The second-order valence-electron chi connectivity index (χ2n) is 8.21. The number of carbonyl (C=O) groups excluding carboxylic acids is 2. The third kappa shape index (κ3) is 4.38. The number of rotatable bonds is 6. The van der Waals surface area contributed by atoms with Crippen molar-refractivity contribution >= 4 is 29.0 Å². The zero-order valence-corrected chi connectivity index (χ0v) is 18.7. The van der Waals surface area contributed by atoms with Crippen molar-refractivity contribution in [2.24, 2.45) is 0 Å². The number of amides is 2. The van der Waals surface area contributed by atoms with Gasteiger partial charge >= 0.3 is 0 Å². The summed E-state index contributed by atoms with van der Waals surface area (Å²) in [4.78, 5) is 39.1. The Morgan fingerprint density at radius 1 is 1.09 bits per heavy atom. The molecule has 34 heavy (non-hydrogen) atoms. The Morgan fingerprint density at radius 3 is 2.68 bits per heavy atom. The van der Waals surface area contributed by atoms with E-state index in [-0.39, 0.29) is 18.2 Å². The average molecular weight is 453 g/mol. The first kappa shape index (κ1) is 21.4. The highest BCUT2D eigenvalue weighted by Crippen LogP contribution is 2.38. The summed E-state index contributed by atoms with van der Waals surface area (Å²) in [6.07, 6.45) is 5.94. The smallest absolute Gasteiger partial charge is 0.257 e. The van der Waals surface area contributed by atoms with Gasteiger partial charge in [0.05, 0.1) is 23.4 Å². The van der Waals surface area contributed by atoms with Gasteiger partial charge in [-0.1, -0.05) is 18.2 Å². The summed E-state index contributed by atoms with van der Waals surface area (Å²) < 4.78 is 0. The van der Waals surface area contributed by atoms with Crippen LogP contribution in [0.25, 0.3) is 11.3 Å². The van der Waals surface area contributed by atoms with E-state index in [0.717, 1.165) is 40.3 Å². The maximum Gasteiger partial charge on any atom is 0.257 e. The molecule has 170 valence electrons. The molecule has 0 aliphatic carbocycles. The largest absolute Gasteiger partial charge is 0.356 e. The number of nitrogens with one attached hydrogen (secondary N) is 3. The van der Waals surface area contributed by atoms with Crippen molar-refractivity contribution < 1.29 is 9.59 Å². The Bertz CT molecular complexity index is 1330. The zero-order chi connectivity index (χ0) is 23.5. The first-order chi connectivity index (χ1) is 16.6. The standard InChI is InChI=1S/C26H24N6O2/c1-32-14-10-20-23(26(32)34)25(29-19-5-3-2-4-6-19)24(30-20)18-9-13-28-21(16-18)31-22(33)15-17-7-11-27-12-8-17/h2-9,11-13,16,29-30H,10,14-15H2,1H3,(H,28,31,33). The van der Waals surface area contributed by atoms with Crippen LogP contribution in [-0.2, 0) is 17.6 Å². The number of hydrogen-bond acceptors (Lipinski definition) is 5. The molecule has 0 spiro atoms. The number of nitrogens with zero attached hydrogens (tertiary/aromatic N) is 3. The molecule has 1 aliphatic rings. The molecule has 4 heterocycles. The first-order valence-corrected chi connectivity index (χ1v) is 11.1. The van der Waals surface area contributed by atoms with Crippen LogP contribution in [0.5, 0.6) is 0 Å². The van der Waals surface area contributed by atoms with E-state index in [1.807, 2.05) is 61.6 Å². The molecule has 0 atom stereocenters. The van der Waals surface area contributed by atoms with Crippen molar-refractivity contribution in [2.45, 2.75) is 12.8 Å². The van der Waals surface area contributed by atoms with Gasteiger partial charge in [0, 0.05) is 55.5 Å². The lowest BCUT2D eigenvalue weighted by Gasteiger charge is -2.23. The van der Waals surface area contributed by atoms with E-state index < -0.39 is 0 Å². The minimum absolute atomic E-state index is 0.0258. The topological polar surface area (TPSA) is 103 Å². The minimum Gasteiger partial charge on any atom is -0.356 e. The van der Waals surface area contributed by atoms with Gasteiger partial charge in [-0.2, -0.15) is 0 Å². The molecule has 1 aliphatic heterocycles. The Labute approximate surface area is 197 Å². The molecule has 0 bridgehead atoms. The summed E-state index contributed by atoms with van der Waals surface area (Å²) in [6, 6.07) is 17.0. The van der Waals surface area contributed by atoms with Crippen molar-refractivity contribution in [3.05, 3.63) is 90.0 Å². The molecule has 5 rings (SSSR count). The number of aromatic amines is 1. The Morgan fingerprint density at radius 2 is 1.88 bits per heavy atom. The highest BCUT2D eigenvalue weighted by Gasteiger charge is 2.30. The van der Waals surface area contributed by atoms with Crippen LogP contribution in [0, 0.1) is 0 Å². The summed E-state index contributed by atoms with van der Waals surface area (Å²) in [6.45, 7) is 0.656. The van der Waals surface area contributed by atoms with Gasteiger partial charge in [-0.25, -0.2) is 4.98 Å². The second-order valence-corrected chi connectivity index (χ2v) is 8.21. The van der Waals surface area contributed by atoms with E-state index in [0.29, 0.717) is 17.9 Å². The van der Waals surface area contributed by atoms with Crippen LogP contribution in [0.4, 0.5) is 17.2 Å². The highest BCUT2D eigenvalue weighted by molar-refractivity contribution is 6.06. The number of carbonyl (C=O) groups is 2. The molecule has 0 radical (unpaired) electrons. The predicted octanol–water partition coefficient (Wildman–Crippen LogP) is 4.02. The van der Waals surface area contributed by atoms with E-state index in [9.17, 15) is 9.59 Å². The number of aromatic nitrogens is 3. The van der Waals surface area contributed by atoms with Crippen molar-refractivity contribution in [3.8, 4) is 11.3 Å². The molecule has 0 fully saturated rings. The lowest BCUT2D eigenvalue weighted by molar-refractivity contribution is -0.115. The summed E-state index contributed by atoms with van der Waals surface area (Å²) >= 11 is 0. The third-order valence-electron chi connectivity index (χ3n) is 5.81. The van der Waals surface area contributed by atoms with Gasteiger partial charge in [-0.15, -0.1) is 0 Å². The third-order valence-corrected chi connectivity index (χ3v) is 5.81. The van der Waals surface area contributed by atoms with Gasteiger partial charge < -0.3 is 20.5 Å². The number of likely N-dealkylation sites (N-methyl/N-ethyl adjacent to an activating group) is 1. The summed E-state index contributed by atoms with van der Waals surface area (Å²) in [5.41, 5.74) is 5.62. The zero-order valence-electron chi connectivity index (χ0n) is 18.7. The van der Waals surface area contributed by atoms with Gasteiger partial charge in [0.25, 0.3) is 5.91 Å². The summed E-state index contributed by atoms with van der Waals surface area (Å²) in [5.74, 6) is 0.251. The molecule has 8 nitrogen and oxygen atoms in total. The maximum absolute atomic E-state index is 13.1. The van der Waals surface area contributed by atoms with Crippen LogP contribution in [0.1, 0.15) is 21.6 Å². The minimum atomic E-state index is -0.166. The van der Waals surface area contributed by atoms with Gasteiger partial charge in [0.1, 0.15) is 5.82 Å². The number of anilines is 3. The lowest BCUT2D eigenvalue weighted by atomic mass is 10.0. The molecule has 0 saturated carbocycles. The molecule has 3 aromatic heterocycles. The van der Waals surface area contributed by atoms with Crippen molar-refractivity contribution in [2.75, 3.05) is 24.2 Å². The molecular formula is C26H24N6O2. The average Bonchev–Trinajstić information content (AvgIpc) is 3.22. The van der Waals surface area contributed by atoms with Crippen LogP contribution in [0.2, 0.25) is 0 Å². The molecule has 4 aromatic rings. The van der Waals surface area contributed by atoms with Crippen LogP contribution >= 0.6 is 0 Å². The number of H-pyrrole nitrogens is 1. The number of benzene rings is 1. The van der Waals surface area contributed by atoms with Crippen molar-refractivity contribution in [3.63, 3.8) is 0 Å². The van der Waals surface area contributed by atoms with Gasteiger partial charge in [-0.05, 0) is 42.0 Å². The second kappa shape index (κ2) is 9.19. The van der Waals surface area contributed by atoms with Crippen LogP contribution in [-0.4, -0.2) is 45.3 Å². The van der Waals surface area contributed by atoms with E-state index >= 15 is 0 Å². The molecule has 1 aromatic carbocycles.